The Morgan fingerprint density at radius 2 is 2.00 bits per heavy atom. The van der Waals surface area contributed by atoms with Crippen LogP contribution in [0.4, 0.5) is 10.1 Å². The van der Waals surface area contributed by atoms with Crippen LogP contribution in [0.25, 0.3) is 0 Å². The molecule has 0 aliphatic carbocycles. The summed E-state index contributed by atoms with van der Waals surface area (Å²) < 4.78 is 18.6. The Kier molecular flexibility index (Phi) is 7.58. The van der Waals surface area contributed by atoms with Crippen LogP contribution in [0.3, 0.4) is 0 Å². The maximum absolute atomic E-state index is 13.1. The molecular formula is C18H16FN3O4S. The highest BCUT2D eigenvalue weighted by Gasteiger charge is 2.18. The number of nitrogens with zero attached hydrogens (tertiary/aromatic N) is 3. The predicted molar refractivity (Wildman–Crippen MR) is 96.1 cm³/mol. The highest BCUT2D eigenvalue weighted by Crippen LogP contribution is 2.16. The van der Waals surface area contributed by atoms with E-state index >= 15 is 0 Å². The van der Waals surface area contributed by atoms with Gasteiger partial charge in [-0.1, -0.05) is 0 Å². The van der Waals surface area contributed by atoms with Crippen molar-refractivity contribution in [2.45, 2.75) is 11.4 Å². The Balaban J connectivity index is 1.90. The Hall–Kier alpha value is -3.12. The minimum atomic E-state index is -0.656. The third-order valence-corrected chi connectivity index (χ3v) is 4.36. The molecule has 0 saturated carbocycles. The van der Waals surface area contributed by atoms with Gasteiger partial charge in [0, 0.05) is 24.4 Å². The molecule has 7 nitrogen and oxygen atoms in total. The van der Waals surface area contributed by atoms with Crippen LogP contribution in [-0.2, 0) is 14.3 Å². The molecule has 0 fully saturated rings. The van der Waals surface area contributed by atoms with Crippen LogP contribution in [0.5, 0.6) is 0 Å². The van der Waals surface area contributed by atoms with Crippen molar-refractivity contribution in [1.82, 2.24) is 0 Å². The first kappa shape index (κ1) is 20.2. The van der Waals surface area contributed by atoms with Crippen molar-refractivity contribution in [1.29, 1.82) is 5.26 Å². The number of rotatable bonds is 8. The number of ether oxygens (including phenoxy) is 1. The molecule has 0 unspecified atom stereocenters. The van der Waals surface area contributed by atoms with E-state index in [-0.39, 0.29) is 18.7 Å². The molecule has 0 aliphatic rings. The second-order valence-corrected chi connectivity index (χ2v) is 6.24. The van der Waals surface area contributed by atoms with Crippen LogP contribution >= 0.6 is 11.8 Å². The standard InChI is InChI=1S/C18H16FN3O4S/c19-14-5-7-15(8-6-14)21(10-3-9-20)16(23)12-26-18(24)13-27-17-4-1-2-11-22(17)25/h1-2,4-8,11H,3,10,12-13H2. The van der Waals surface area contributed by atoms with Gasteiger partial charge in [-0.25, -0.2) is 4.39 Å². The molecule has 9 heteroatoms. The maximum Gasteiger partial charge on any atom is 0.317 e. The van der Waals surface area contributed by atoms with Crippen molar-refractivity contribution in [3.05, 3.63) is 59.7 Å². The number of esters is 1. The van der Waals surface area contributed by atoms with Crippen LogP contribution in [0.2, 0.25) is 0 Å². The van der Waals surface area contributed by atoms with Gasteiger partial charge in [-0.15, -0.1) is 0 Å². The molecular weight excluding hydrogens is 373 g/mol. The molecule has 2 aromatic rings. The average Bonchev–Trinajstić information content (AvgIpc) is 2.67. The van der Waals surface area contributed by atoms with Crippen molar-refractivity contribution in [3.63, 3.8) is 0 Å². The van der Waals surface area contributed by atoms with E-state index in [2.05, 4.69) is 0 Å². The second-order valence-electron chi connectivity index (χ2n) is 5.24. The molecule has 0 bridgehead atoms. The third kappa shape index (κ3) is 6.27. The van der Waals surface area contributed by atoms with E-state index in [9.17, 15) is 19.2 Å². The Morgan fingerprint density at radius 3 is 2.67 bits per heavy atom. The lowest BCUT2D eigenvalue weighted by atomic mass is 10.2. The monoisotopic (exact) mass is 389 g/mol. The zero-order valence-electron chi connectivity index (χ0n) is 14.2. The molecule has 0 aliphatic heterocycles. The van der Waals surface area contributed by atoms with Gasteiger partial charge in [-0.2, -0.15) is 9.99 Å². The van der Waals surface area contributed by atoms with Gasteiger partial charge >= 0.3 is 5.97 Å². The number of carbonyl (C=O) groups excluding carboxylic acids is 2. The molecule has 140 valence electrons. The van der Waals surface area contributed by atoms with Crippen LogP contribution in [0.15, 0.2) is 53.7 Å². The number of carbonyl (C=O) groups is 2. The number of aromatic nitrogens is 1. The quantitative estimate of drug-likeness (QED) is 0.297. The van der Waals surface area contributed by atoms with Gasteiger partial charge in [-0.05, 0) is 42.1 Å². The summed E-state index contributed by atoms with van der Waals surface area (Å²) in [5.74, 6) is -1.77. The summed E-state index contributed by atoms with van der Waals surface area (Å²) in [6.07, 6.45) is 1.39. The maximum atomic E-state index is 13.1. The van der Waals surface area contributed by atoms with E-state index in [0.29, 0.717) is 15.4 Å². The fraction of sp³-hybridized carbons (Fsp3) is 0.222. The van der Waals surface area contributed by atoms with Crippen molar-refractivity contribution >= 4 is 29.3 Å². The molecule has 27 heavy (non-hydrogen) atoms. The van der Waals surface area contributed by atoms with Gasteiger partial charge in [0.2, 0.25) is 0 Å². The van der Waals surface area contributed by atoms with Gasteiger partial charge in [0.15, 0.2) is 12.8 Å². The van der Waals surface area contributed by atoms with Gasteiger partial charge < -0.3 is 14.8 Å². The summed E-state index contributed by atoms with van der Waals surface area (Å²) in [6, 6.07) is 11.9. The highest BCUT2D eigenvalue weighted by atomic mass is 32.2. The third-order valence-electron chi connectivity index (χ3n) is 3.37. The average molecular weight is 389 g/mol. The minimum Gasteiger partial charge on any atom is -0.618 e. The smallest absolute Gasteiger partial charge is 0.317 e. The molecule has 0 N–H and O–H groups in total. The number of halogens is 1. The van der Waals surface area contributed by atoms with E-state index in [4.69, 9.17) is 10.00 Å². The van der Waals surface area contributed by atoms with Gasteiger partial charge in [0.1, 0.15) is 11.6 Å². The first-order valence-corrected chi connectivity index (χ1v) is 8.89. The lowest BCUT2D eigenvalue weighted by Gasteiger charge is -2.21. The Morgan fingerprint density at radius 1 is 1.26 bits per heavy atom. The number of hydrogen-bond donors (Lipinski definition) is 0. The largest absolute Gasteiger partial charge is 0.618 e. The summed E-state index contributed by atoms with van der Waals surface area (Å²) in [4.78, 5) is 25.4. The first-order valence-electron chi connectivity index (χ1n) is 7.90. The van der Waals surface area contributed by atoms with Gasteiger partial charge in [-0.3, -0.25) is 9.59 Å². The topological polar surface area (TPSA) is 97.3 Å². The molecule has 1 aromatic carbocycles. The van der Waals surface area contributed by atoms with E-state index in [1.54, 1.807) is 18.2 Å². The number of thioether (sulfide) groups is 1. The van der Waals surface area contributed by atoms with E-state index in [0.717, 1.165) is 11.8 Å². The number of anilines is 1. The SMILES string of the molecule is N#CCCN(C(=O)COC(=O)CSc1cccc[n+]1[O-])c1ccc(F)cc1. The minimum absolute atomic E-state index is 0.0738. The predicted octanol–water partition coefficient (Wildman–Crippen LogP) is 2.04. The van der Waals surface area contributed by atoms with Gasteiger partial charge in [0.05, 0.1) is 12.5 Å². The summed E-state index contributed by atoms with van der Waals surface area (Å²) >= 11 is 0.993. The number of nitriles is 1. The number of amides is 1. The summed E-state index contributed by atoms with van der Waals surface area (Å²) in [7, 11) is 0. The van der Waals surface area contributed by atoms with E-state index < -0.39 is 24.3 Å². The fourth-order valence-electron chi connectivity index (χ4n) is 2.10. The number of pyridine rings is 1. The molecule has 0 atom stereocenters. The summed E-state index contributed by atoms with van der Waals surface area (Å²) in [6.45, 7) is -0.429. The first-order chi connectivity index (χ1) is 13.0. The fourth-order valence-corrected chi connectivity index (χ4v) is 2.81. The molecule has 2 rings (SSSR count). The van der Waals surface area contributed by atoms with Crippen molar-refractivity contribution in [2.75, 3.05) is 23.8 Å². The zero-order valence-corrected chi connectivity index (χ0v) is 15.0. The number of hydrogen-bond acceptors (Lipinski definition) is 6. The van der Waals surface area contributed by atoms with Crippen LogP contribution in [0.1, 0.15) is 6.42 Å². The molecule has 1 aromatic heterocycles. The second kappa shape index (κ2) is 10.1. The van der Waals surface area contributed by atoms with Crippen LogP contribution in [-0.4, -0.2) is 30.8 Å². The van der Waals surface area contributed by atoms with E-state index in [1.165, 1.54) is 35.4 Å². The normalized spacial score (nSPS) is 10.1. The Bertz CT molecular complexity index is 839. The molecule has 0 saturated heterocycles. The lowest BCUT2D eigenvalue weighted by molar-refractivity contribution is -0.645. The number of benzene rings is 1. The molecule has 0 spiro atoms. The summed E-state index contributed by atoms with van der Waals surface area (Å²) in [5.41, 5.74) is 0.402. The molecule has 1 amide bonds. The van der Waals surface area contributed by atoms with Crippen LogP contribution < -0.4 is 9.63 Å². The lowest BCUT2D eigenvalue weighted by Crippen LogP contribution is -2.35. The summed E-state index contributed by atoms with van der Waals surface area (Å²) in [5, 5.41) is 20.6. The van der Waals surface area contributed by atoms with Crippen LogP contribution in [0, 0.1) is 22.4 Å². The zero-order chi connectivity index (χ0) is 19.6. The van der Waals surface area contributed by atoms with Crippen molar-refractivity contribution in [3.8, 4) is 6.07 Å². The van der Waals surface area contributed by atoms with E-state index in [1.807, 2.05) is 6.07 Å². The van der Waals surface area contributed by atoms with Crippen molar-refractivity contribution < 1.29 is 23.4 Å². The molecule has 1 heterocycles. The molecule has 0 radical (unpaired) electrons. The van der Waals surface area contributed by atoms with Gasteiger partial charge in [0.25, 0.3) is 10.9 Å². The Labute approximate surface area is 159 Å². The van der Waals surface area contributed by atoms with Crippen molar-refractivity contribution in [2.24, 2.45) is 0 Å². The highest BCUT2D eigenvalue weighted by molar-refractivity contribution is 7.99.